The monoisotopic (exact) mass is 511 g/mol. The molecule has 3 heterocycles. The molecule has 1 atom stereocenters. The summed E-state index contributed by atoms with van der Waals surface area (Å²) in [5.41, 5.74) is 1.13. The van der Waals surface area contributed by atoms with Gasteiger partial charge in [0.1, 0.15) is 6.04 Å². The van der Waals surface area contributed by atoms with E-state index >= 15 is 0 Å². The highest BCUT2D eigenvalue weighted by Gasteiger charge is 2.34. The number of methoxy groups -OCH3 is 3. The number of nitrogens with one attached hydrogen (secondary N) is 1. The Balaban J connectivity index is 1.52. The van der Waals surface area contributed by atoms with Gasteiger partial charge in [0.25, 0.3) is 5.56 Å². The quantitative estimate of drug-likeness (QED) is 0.462. The van der Waals surface area contributed by atoms with Gasteiger partial charge in [-0.15, -0.1) is 5.10 Å². The Labute approximate surface area is 216 Å². The number of hydrogen-bond donors (Lipinski definition) is 1. The zero-order valence-corrected chi connectivity index (χ0v) is 22.0. The lowest BCUT2D eigenvalue weighted by Crippen LogP contribution is -2.52. The van der Waals surface area contributed by atoms with Gasteiger partial charge in [0.2, 0.25) is 0 Å². The summed E-state index contributed by atoms with van der Waals surface area (Å²) >= 11 is 0. The van der Waals surface area contributed by atoms with Crippen molar-refractivity contribution < 1.29 is 14.2 Å². The van der Waals surface area contributed by atoms with Crippen LogP contribution in [0.5, 0.6) is 11.5 Å². The van der Waals surface area contributed by atoms with Crippen molar-refractivity contribution in [3.05, 3.63) is 39.9 Å². The van der Waals surface area contributed by atoms with Crippen LogP contribution in [-0.4, -0.2) is 95.1 Å². The zero-order valence-electron chi connectivity index (χ0n) is 22.0. The summed E-state index contributed by atoms with van der Waals surface area (Å²) < 4.78 is 18.0. The molecule has 0 amide bonds. The van der Waals surface area contributed by atoms with Crippen molar-refractivity contribution in [2.45, 2.75) is 50.7 Å². The van der Waals surface area contributed by atoms with Gasteiger partial charge in [-0.05, 0) is 35.4 Å². The van der Waals surface area contributed by atoms with Crippen molar-refractivity contribution in [1.82, 2.24) is 35.0 Å². The molecule has 11 nitrogen and oxygen atoms in total. The Morgan fingerprint density at radius 3 is 2.43 bits per heavy atom. The van der Waals surface area contributed by atoms with Gasteiger partial charge < -0.3 is 19.2 Å². The molecule has 2 aliphatic rings. The fraction of sp³-hybridized carbons (Fsp3) is 0.615. The number of benzene rings is 1. The Bertz CT molecular complexity index is 1250. The molecule has 0 bridgehead atoms. The highest BCUT2D eigenvalue weighted by molar-refractivity contribution is 5.83. The number of rotatable bonds is 9. The van der Waals surface area contributed by atoms with Gasteiger partial charge in [-0.25, -0.2) is 4.68 Å². The van der Waals surface area contributed by atoms with Gasteiger partial charge in [0.05, 0.1) is 32.9 Å². The van der Waals surface area contributed by atoms with E-state index in [-0.39, 0.29) is 11.6 Å². The Morgan fingerprint density at radius 2 is 1.73 bits per heavy atom. The number of hydrogen-bond acceptors (Lipinski definition) is 9. The Hall–Kier alpha value is -3.02. The molecule has 2 aromatic heterocycles. The lowest BCUT2D eigenvalue weighted by Gasteiger charge is -2.42. The highest BCUT2D eigenvalue weighted by atomic mass is 16.5. The van der Waals surface area contributed by atoms with E-state index in [2.05, 4.69) is 30.3 Å². The first-order valence-corrected chi connectivity index (χ1v) is 13.1. The lowest BCUT2D eigenvalue weighted by molar-refractivity contribution is 0.0612. The number of pyridine rings is 1. The molecule has 2 fully saturated rings. The topological polar surface area (TPSA) is 111 Å². The number of nitrogens with zero attached hydrogens (tertiary/aromatic N) is 6. The summed E-state index contributed by atoms with van der Waals surface area (Å²) in [5, 5.41) is 13.4. The summed E-state index contributed by atoms with van der Waals surface area (Å²) in [7, 11) is 4.84. The maximum atomic E-state index is 13.5. The molecule has 1 unspecified atom stereocenters. The van der Waals surface area contributed by atoms with Crippen LogP contribution in [0.15, 0.2) is 23.0 Å². The molecule has 1 aromatic carbocycles. The number of ether oxygens (including phenoxy) is 3. The maximum Gasteiger partial charge on any atom is 0.253 e. The second kappa shape index (κ2) is 11.6. The third-order valence-electron chi connectivity index (χ3n) is 7.79. The predicted molar refractivity (Wildman–Crippen MR) is 139 cm³/mol. The van der Waals surface area contributed by atoms with Gasteiger partial charge in [-0.1, -0.05) is 19.3 Å². The van der Waals surface area contributed by atoms with Crippen LogP contribution in [0.1, 0.15) is 49.5 Å². The average Bonchev–Trinajstić information content (AvgIpc) is 3.40. The first kappa shape index (κ1) is 25.6. The van der Waals surface area contributed by atoms with Gasteiger partial charge in [0, 0.05) is 56.3 Å². The van der Waals surface area contributed by atoms with E-state index < -0.39 is 0 Å². The number of tetrazole rings is 1. The van der Waals surface area contributed by atoms with E-state index in [9.17, 15) is 4.79 Å². The van der Waals surface area contributed by atoms with Crippen LogP contribution in [0, 0.1) is 0 Å². The molecule has 1 aliphatic carbocycles. The minimum Gasteiger partial charge on any atom is -0.493 e. The fourth-order valence-corrected chi connectivity index (χ4v) is 5.80. The Morgan fingerprint density at radius 1 is 1.00 bits per heavy atom. The van der Waals surface area contributed by atoms with Crippen molar-refractivity contribution in [2.24, 2.45) is 0 Å². The summed E-state index contributed by atoms with van der Waals surface area (Å²) in [6.07, 6.45) is 6.57. The minimum absolute atomic E-state index is 0.166. The van der Waals surface area contributed by atoms with Gasteiger partial charge in [-0.3, -0.25) is 14.6 Å². The van der Waals surface area contributed by atoms with Crippen molar-refractivity contribution in [1.29, 1.82) is 0 Å². The van der Waals surface area contributed by atoms with Crippen LogP contribution in [0.2, 0.25) is 0 Å². The van der Waals surface area contributed by atoms with E-state index in [1.54, 1.807) is 32.1 Å². The van der Waals surface area contributed by atoms with Crippen LogP contribution in [0.3, 0.4) is 0 Å². The van der Waals surface area contributed by atoms with E-state index in [1.807, 2.05) is 12.1 Å². The summed E-state index contributed by atoms with van der Waals surface area (Å²) in [6.45, 7) is 4.59. The van der Waals surface area contributed by atoms with Crippen molar-refractivity contribution in [2.75, 3.05) is 54.1 Å². The summed E-state index contributed by atoms with van der Waals surface area (Å²) in [4.78, 5) is 21.6. The molecule has 1 aliphatic heterocycles. The van der Waals surface area contributed by atoms with Crippen molar-refractivity contribution in [3.8, 4) is 11.5 Å². The van der Waals surface area contributed by atoms with E-state index in [0.29, 0.717) is 47.6 Å². The molecule has 11 heteroatoms. The first-order valence-electron chi connectivity index (χ1n) is 13.1. The summed E-state index contributed by atoms with van der Waals surface area (Å²) in [6, 6.07) is 5.90. The Kier molecular flexibility index (Phi) is 8.02. The molecule has 1 saturated carbocycles. The molecule has 0 radical (unpaired) electrons. The molecule has 1 N–H and O–H groups in total. The SMILES string of the molecule is COCCn1nnnc1C(c1cc2cc(OC)c(OC)cc2[nH]c1=O)N1CCN(C2CCCCC2)CC1. The number of aromatic amines is 1. The molecule has 200 valence electrons. The van der Waals surface area contributed by atoms with Crippen LogP contribution in [-0.2, 0) is 11.3 Å². The highest BCUT2D eigenvalue weighted by Crippen LogP contribution is 2.34. The van der Waals surface area contributed by atoms with E-state index in [1.165, 1.54) is 32.1 Å². The minimum atomic E-state index is -0.387. The van der Waals surface area contributed by atoms with Gasteiger partial charge in [-0.2, -0.15) is 0 Å². The average molecular weight is 512 g/mol. The smallest absolute Gasteiger partial charge is 0.253 e. The van der Waals surface area contributed by atoms with E-state index in [0.717, 1.165) is 31.6 Å². The summed E-state index contributed by atoms with van der Waals surface area (Å²) in [5.74, 6) is 1.82. The first-order chi connectivity index (χ1) is 18.1. The molecule has 0 spiro atoms. The second-order valence-electron chi connectivity index (χ2n) is 9.87. The van der Waals surface area contributed by atoms with Crippen LogP contribution < -0.4 is 15.0 Å². The fourth-order valence-electron chi connectivity index (χ4n) is 5.80. The number of H-pyrrole nitrogens is 1. The standard InChI is InChI=1S/C26H37N7O4/c1-35-14-13-33-25(28-29-30-33)24(32-11-9-31(10-12-32)19-7-5-4-6-8-19)20-15-18-16-22(36-2)23(37-3)17-21(18)27-26(20)34/h15-17,19,24H,4-14H2,1-3H3,(H,27,34). The zero-order chi connectivity index (χ0) is 25.8. The molecule has 1 saturated heterocycles. The normalized spacial score (nSPS) is 18.8. The number of fused-ring (bicyclic) bond motifs is 1. The number of aromatic nitrogens is 5. The third-order valence-corrected chi connectivity index (χ3v) is 7.79. The largest absolute Gasteiger partial charge is 0.493 e. The molecule has 3 aromatic rings. The van der Waals surface area contributed by atoms with Gasteiger partial charge in [0.15, 0.2) is 17.3 Å². The van der Waals surface area contributed by atoms with Crippen LogP contribution in [0.4, 0.5) is 0 Å². The molecule has 37 heavy (non-hydrogen) atoms. The number of piperazine rings is 1. The molecular formula is C26H37N7O4. The molecular weight excluding hydrogens is 474 g/mol. The molecule has 5 rings (SSSR count). The van der Waals surface area contributed by atoms with Crippen molar-refractivity contribution in [3.63, 3.8) is 0 Å². The predicted octanol–water partition coefficient (Wildman–Crippen LogP) is 2.22. The van der Waals surface area contributed by atoms with Gasteiger partial charge >= 0.3 is 0 Å². The van der Waals surface area contributed by atoms with Crippen molar-refractivity contribution >= 4 is 10.9 Å². The third kappa shape index (κ3) is 5.34. The maximum absolute atomic E-state index is 13.5. The van der Waals surface area contributed by atoms with Crippen LogP contribution in [0.25, 0.3) is 10.9 Å². The van der Waals surface area contributed by atoms with E-state index in [4.69, 9.17) is 14.2 Å². The second-order valence-corrected chi connectivity index (χ2v) is 9.87. The van der Waals surface area contributed by atoms with Crippen LogP contribution >= 0.6 is 0 Å². The lowest BCUT2D eigenvalue weighted by atomic mass is 9.93.